The fourth-order valence-electron chi connectivity index (χ4n) is 3.55. The van der Waals surface area contributed by atoms with Gasteiger partial charge in [-0.2, -0.15) is 0 Å². The van der Waals surface area contributed by atoms with E-state index in [4.69, 9.17) is 0 Å². The zero-order chi connectivity index (χ0) is 24.6. The number of amides is 2. The van der Waals surface area contributed by atoms with Crippen LogP contribution in [0.5, 0.6) is 0 Å². The maximum absolute atomic E-state index is 13.2. The number of benzene rings is 2. The van der Waals surface area contributed by atoms with Crippen molar-refractivity contribution < 1.29 is 18.0 Å². The second kappa shape index (κ2) is 11.8. The molecular formula is C25H35N3O4S. The molecule has 0 aliphatic rings. The molecule has 2 amide bonds. The van der Waals surface area contributed by atoms with Crippen LogP contribution < -0.4 is 9.62 Å². The summed E-state index contributed by atoms with van der Waals surface area (Å²) in [7, 11) is -3.50. The van der Waals surface area contributed by atoms with Gasteiger partial charge in [-0.1, -0.05) is 42.5 Å². The van der Waals surface area contributed by atoms with Crippen LogP contribution in [0.15, 0.2) is 54.6 Å². The Balaban J connectivity index is 2.14. The molecule has 0 aromatic heterocycles. The lowest BCUT2D eigenvalue weighted by Crippen LogP contribution is -2.49. The molecule has 180 valence electrons. The van der Waals surface area contributed by atoms with Crippen molar-refractivity contribution in [3.8, 4) is 0 Å². The minimum absolute atomic E-state index is 0.0359. The third kappa shape index (κ3) is 8.20. The molecule has 0 spiro atoms. The van der Waals surface area contributed by atoms with Crippen molar-refractivity contribution in [2.24, 2.45) is 0 Å². The first-order valence-corrected chi connectivity index (χ1v) is 13.0. The molecule has 0 aliphatic heterocycles. The number of hydrogen-bond acceptors (Lipinski definition) is 4. The van der Waals surface area contributed by atoms with E-state index < -0.39 is 16.1 Å². The predicted molar refractivity (Wildman–Crippen MR) is 132 cm³/mol. The number of hydrogen-bond donors (Lipinski definition) is 1. The minimum Gasteiger partial charge on any atom is -0.352 e. The summed E-state index contributed by atoms with van der Waals surface area (Å²) >= 11 is 0. The fraction of sp³-hybridized carbons (Fsp3) is 0.440. The largest absolute Gasteiger partial charge is 0.352 e. The highest BCUT2D eigenvalue weighted by Crippen LogP contribution is 2.20. The molecule has 7 nitrogen and oxygen atoms in total. The van der Waals surface area contributed by atoms with Gasteiger partial charge in [0, 0.05) is 25.6 Å². The van der Waals surface area contributed by atoms with Crippen LogP contribution in [-0.4, -0.2) is 50.0 Å². The van der Waals surface area contributed by atoms with E-state index in [2.05, 4.69) is 5.32 Å². The van der Waals surface area contributed by atoms with Crippen LogP contribution in [0.4, 0.5) is 5.69 Å². The number of carbonyl (C=O) groups is 2. The number of anilines is 1. The monoisotopic (exact) mass is 473 g/mol. The lowest BCUT2D eigenvalue weighted by Gasteiger charge is -2.30. The van der Waals surface area contributed by atoms with Gasteiger partial charge >= 0.3 is 0 Å². The first-order chi connectivity index (χ1) is 15.5. The van der Waals surface area contributed by atoms with E-state index in [9.17, 15) is 18.0 Å². The molecule has 0 bridgehead atoms. The fourth-order valence-corrected chi connectivity index (χ4v) is 4.51. The Labute approximate surface area is 197 Å². The Morgan fingerprint density at radius 2 is 1.67 bits per heavy atom. The van der Waals surface area contributed by atoms with E-state index in [0.29, 0.717) is 18.7 Å². The van der Waals surface area contributed by atoms with E-state index >= 15 is 0 Å². The van der Waals surface area contributed by atoms with Crippen molar-refractivity contribution in [1.82, 2.24) is 10.2 Å². The molecule has 0 fully saturated rings. The lowest BCUT2D eigenvalue weighted by molar-refractivity contribution is -0.140. The third-order valence-corrected chi connectivity index (χ3v) is 6.43. The first-order valence-electron chi connectivity index (χ1n) is 11.2. The zero-order valence-electron chi connectivity index (χ0n) is 20.1. The second-order valence-electron chi connectivity index (χ2n) is 8.62. The molecule has 1 N–H and O–H groups in total. The molecule has 1 atom stereocenters. The van der Waals surface area contributed by atoms with Gasteiger partial charge in [-0.3, -0.25) is 13.9 Å². The summed E-state index contributed by atoms with van der Waals surface area (Å²) in [6, 6.07) is 16.1. The maximum atomic E-state index is 13.2. The van der Waals surface area contributed by atoms with Crippen molar-refractivity contribution in [2.45, 2.75) is 59.2 Å². The van der Waals surface area contributed by atoms with Crippen LogP contribution in [0.1, 0.15) is 44.7 Å². The number of sulfonamides is 1. The summed E-state index contributed by atoms with van der Waals surface area (Å²) in [6.07, 6.45) is 1.63. The van der Waals surface area contributed by atoms with Crippen LogP contribution in [0, 0.1) is 6.92 Å². The van der Waals surface area contributed by atoms with E-state index in [-0.39, 0.29) is 30.8 Å². The molecular weight excluding hydrogens is 438 g/mol. The first kappa shape index (κ1) is 26.4. The lowest BCUT2D eigenvalue weighted by atomic mass is 10.1. The minimum atomic E-state index is -3.50. The molecule has 0 saturated carbocycles. The highest BCUT2D eigenvalue weighted by molar-refractivity contribution is 7.92. The van der Waals surface area contributed by atoms with E-state index in [1.807, 2.05) is 69.3 Å². The summed E-state index contributed by atoms with van der Waals surface area (Å²) in [5.41, 5.74) is 2.46. The summed E-state index contributed by atoms with van der Waals surface area (Å²) in [5.74, 6) is -0.408. The molecule has 8 heteroatoms. The number of nitrogens with one attached hydrogen (secondary N) is 1. The molecule has 0 saturated heterocycles. The van der Waals surface area contributed by atoms with Crippen LogP contribution in [0.3, 0.4) is 0 Å². The van der Waals surface area contributed by atoms with Crippen molar-refractivity contribution >= 4 is 27.5 Å². The van der Waals surface area contributed by atoms with Gasteiger partial charge in [-0.15, -0.1) is 0 Å². The third-order valence-electron chi connectivity index (χ3n) is 5.24. The smallest absolute Gasteiger partial charge is 0.242 e. The zero-order valence-corrected chi connectivity index (χ0v) is 20.9. The highest BCUT2D eigenvalue weighted by Gasteiger charge is 2.27. The standard InChI is InChI=1S/C25H35N3O4S/c1-19(2)26-25(30)21(4)27(18-22-12-7-6-8-13-22)24(29)15-10-16-28(33(5,31)32)23-14-9-11-20(3)17-23/h6-9,11-14,17,19,21H,10,15-16,18H2,1-5H3,(H,26,30)/t21-/m1/s1. The van der Waals surface area contributed by atoms with E-state index in [1.165, 1.54) is 4.31 Å². The van der Waals surface area contributed by atoms with Crippen molar-refractivity contribution in [3.63, 3.8) is 0 Å². The SMILES string of the molecule is Cc1cccc(N(CCCC(=O)N(Cc2ccccc2)[C@H](C)C(=O)NC(C)C)S(C)(=O)=O)c1. The topological polar surface area (TPSA) is 86.8 Å². The summed E-state index contributed by atoms with van der Waals surface area (Å²) < 4.78 is 26.1. The Morgan fingerprint density at radius 1 is 1.00 bits per heavy atom. The van der Waals surface area contributed by atoms with Crippen molar-refractivity contribution in [1.29, 1.82) is 0 Å². The van der Waals surface area contributed by atoms with Gasteiger partial charge in [-0.25, -0.2) is 8.42 Å². The van der Waals surface area contributed by atoms with Crippen LogP contribution in [-0.2, 0) is 26.2 Å². The predicted octanol–water partition coefficient (Wildman–Crippen LogP) is 3.48. The normalized spacial score (nSPS) is 12.3. The molecule has 0 aliphatic carbocycles. The molecule has 2 aromatic rings. The highest BCUT2D eigenvalue weighted by atomic mass is 32.2. The van der Waals surface area contributed by atoms with Gasteiger partial charge in [0.05, 0.1) is 11.9 Å². The molecule has 33 heavy (non-hydrogen) atoms. The molecule has 0 radical (unpaired) electrons. The Hall–Kier alpha value is -2.87. The van der Waals surface area contributed by atoms with Gasteiger partial charge in [0.15, 0.2) is 0 Å². The van der Waals surface area contributed by atoms with Gasteiger partial charge < -0.3 is 10.2 Å². The van der Waals surface area contributed by atoms with Crippen molar-refractivity contribution in [2.75, 3.05) is 17.1 Å². The molecule has 2 rings (SSSR count). The van der Waals surface area contributed by atoms with Gasteiger partial charge in [0.2, 0.25) is 21.8 Å². The van der Waals surface area contributed by atoms with E-state index in [1.54, 1.807) is 17.9 Å². The van der Waals surface area contributed by atoms with Crippen molar-refractivity contribution in [3.05, 3.63) is 65.7 Å². The number of aryl methyl sites for hydroxylation is 1. The van der Waals surface area contributed by atoms with Gasteiger partial charge in [0.1, 0.15) is 6.04 Å². The average Bonchev–Trinajstić information content (AvgIpc) is 2.73. The van der Waals surface area contributed by atoms with Crippen LogP contribution >= 0.6 is 0 Å². The van der Waals surface area contributed by atoms with E-state index in [0.717, 1.165) is 17.4 Å². The Morgan fingerprint density at radius 3 is 2.24 bits per heavy atom. The summed E-state index contributed by atoms with van der Waals surface area (Å²) in [6.45, 7) is 7.85. The second-order valence-corrected chi connectivity index (χ2v) is 10.5. The Bertz CT molecular complexity index is 1040. The molecule has 2 aromatic carbocycles. The van der Waals surface area contributed by atoms with Gasteiger partial charge in [0.25, 0.3) is 0 Å². The maximum Gasteiger partial charge on any atom is 0.242 e. The average molecular weight is 474 g/mol. The summed E-state index contributed by atoms with van der Waals surface area (Å²) in [5, 5.41) is 2.86. The van der Waals surface area contributed by atoms with Crippen LogP contribution in [0.2, 0.25) is 0 Å². The number of rotatable bonds is 11. The number of carbonyl (C=O) groups excluding carboxylic acids is 2. The van der Waals surface area contributed by atoms with Gasteiger partial charge in [-0.05, 0) is 57.4 Å². The van der Waals surface area contributed by atoms with Crippen LogP contribution in [0.25, 0.3) is 0 Å². The molecule has 0 heterocycles. The Kier molecular flexibility index (Phi) is 9.46. The summed E-state index contributed by atoms with van der Waals surface area (Å²) in [4.78, 5) is 27.4. The quantitative estimate of drug-likeness (QED) is 0.541. The number of nitrogens with zero attached hydrogens (tertiary/aromatic N) is 2. The molecule has 0 unspecified atom stereocenters.